The van der Waals surface area contributed by atoms with Crippen LogP contribution in [0.5, 0.6) is 0 Å². The quantitative estimate of drug-likeness (QED) is 0.582. The molecule has 0 bridgehead atoms. The van der Waals surface area contributed by atoms with Gasteiger partial charge in [0.25, 0.3) is 0 Å². The standard InChI is InChI=1S/C21H28/c1-5-16(3)20-13-9-7-11-18(20)15-19-12-8-10-14-21(19)17(4)6-2/h7-14,16-17H,5-6,15H2,1-4H3. The largest absolute Gasteiger partial charge is 0.0648 e. The molecule has 0 N–H and O–H groups in total. The van der Waals surface area contributed by atoms with E-state index in [-0.39, 0.29) is 0 Å². The van der Waals surface area contributed by atoms with Crippen LogP contribution in [0.3, 0.4) is 0 Å². The van der Waals surface area contributed by atoms with Gasteiger partial charge in [0.15, 0.2) is 0 Å². The molecule has 0 aliphatic rings. The lowest BCUT2D eigenvalue weighted by Crippen LogP contribution is -2.03. The molecular formula is C21H28. The number of hydrogen-bond acceptors (Lipinski definition) is 0. The van der Waals surface area contributed by atoms with Crippen LogP contribution in [0, 0.1) is 0 Å². The Balaban J connectivity index is 2.35. The Bertz CT molecular complexity index is 516. The number of benzene rings is 2. The van der Waals surface area contributed by atoms with Crippen molar-refractivity contribution in [3.63, 3.8) is 0 Å². The summed E-state index contributed by atoms with van der Waals surface area (Å²) >= 11 is 0. The third kappa shape index (κ3) is 3.75. The van der Waals surface area contributed by atoms with Crippen LogP contribution in [0.4, 0.5) is 0 Å². The topological polar surface area (TPSA) is 0 Å². The molecule has 0 saturated heterocycles. The van der Waals surface area contributed by atoms with Crippen molar-refractivity contribution in [3.8, 4) is 0 Å². The number of rotatable bonds is 6. The van der Waals surface area contributed by atoms with Gasteiger partial charge in [-0.05, 0) is 53.4 Å². The Morgan fingerprint density at radius 1 is 0.667 bits per heavy atom. The molecule has 2 atom stereocenters. The fraction of sp³-hybridized carbons (Fsp3) is 0.429. The van der Waals surface area contributed by atoms with Gasteiger partial charge in [0.05, 0.1) is 0 Å². The Morgan fingerprint density at radius 2 is 1.05 bits per heavy atom. The minimum atomic E-state index is 0.636. The van der Waals surface area contributed by atoms with Crippen LogP contribution in [0.1, 0.15) is 74.6 Å². The predicted octanol–water partition coefficient (Wildman–Crippen LogP) is 6.30. The van der Waals surface area contributed by atoms with E-state index >= 15 is 0 Å². The van der Waals surface area contributed by atoms with Crippen LogP contribution in [-0.2, 0) is 6.42 Å². The second-order valence-corrected chi connectivity index (χ2v) is 6.19. The van der Waals surface area contributed by atoms with Crippen LogP contribution in [0.15, 0.2) is 48.5 Å². The summed E-state index contributed by atoms with van der Waals surface area (Å²) in [5.74, 6) is 1.27. The highest BCUT2D eigenvalue weighted by Crippen LogP contribution is 2.28. The molecule has 0 fully saturated rings. The van der Waals surface area contributed by atoms with E-state index in [0.717, 1.165) is 6.42 Å². The second kappa shape index (κ2) is 7.45. The van der Waals surface area contributed by atoms with E-state index in [1.54, 1.807) is 0 Å². The fourth-order valence-corrected chi connectivity index (χ4v) is 3.00. The molecule has 21 heavy (non-hydrogen) atoms. The smallest absolute Gasteiger partial charge is 0.00201 e. The van der Waals surface area contributed by atoms with Gasteiger partial charge in [-0.2, -0.15) is 0 Å². The molecule has 0 heterocycles. The molecule has 2 aromatic rings. The SMILES string of the molecule is CCC(C)c1ccccc1Cc1ccccc1C(C)CC. The van der Waals surface area contributed by atoms with E-state index in [9.17, 15) is 0 Å². The maximum atomic E-state index is 2.33. The number of hydrogen-bond donors (Lipinski definition) is 0. The maximum Gasteiger partial charge on any atom is -0.00201 e. The van der Waals surface area contributed by atoms with Gasteiger partial charge in [0.1, 0.15) is 0 Å². The first kappa shape index (κ1) is 15.8. The van der Waals surface area contributed by atoms with E-state index in [1.807, 2.05) is 0 Å². The lowest BCUT2D eigenvalue weighted by Gasteiger charge is -2.18. The molecular weight excluding hydrogens is 252 g/mol. The summed E-state index contributed by atoms with van der Waals surface area (Å²) in [7, 11) is 0. The molecule has 0 aliphatic heterocycles. The first-order valence-corrected chi connectivity index (χ1v) is 8.32. The first-order chi connectivity index (χ1) is 10.2. The first-order valence-electron chi connectivity index (χ1n) is 8.32. The fourth-order valence-electron chi connectivity index (χ4n) is 3.00. The van der Waals surface area contributed by atoms with Gasteiger partial charge in [0, 0.05) is 0 Å². The zero-order valence-electron chi connectivity index (χ0n) is 13.9. The molecule has 2 aromatic carbocycles. The average molecular weight is 280 g/mol. The van der Waals surface area contributed by atoms with E-state index in [4.69, 9.17) is 0 Å². The molecule has 0 radical (unpaired) electrons. The van der Waals surface area contributed by atoms with Crippen LogP contribution < -0.4 is 0 Å². The van der Waals surface area contributed by atoms with Crippen molar-refractivity contribution in [3.05, 3.63) is 70.8 Å². The van der Waals surface area contributed by atoms with Gasteiger partial charge in [0.2, 0.25) is 0 Å². The van der Waals surface area contributed by atoms with Gasteiger partial charge in [-0.25, -0.2) is 0 Å². The van der Waals surface area contributed by atoms with Crippen molar-refractivity contribution in [2.75, 3.05) is 0 Å². The van der Waals surface area contributed by atoms with E-state index in [0.29, 0.717) is 11.8 Å². The maximum absolute atomic E-state index is 2.33. The van der Waals surface area contributed by atoms with Gasteiger partial charge >= 0.3 is 0 Å². The van der Waals surface area contributed by atoms with Crippen molar-refractivity contribution < 1.29 is 0 Å². The molecule has 0 aliphatic carbocycles. The van der Waals surface area contributed by atoms with Crippen molar-refractivity contribution in [1.29, 1.82) is 0 Å². The Labute approximate surface area is 130 Å². The molecule has 0 saturated carbocycles. The molecule has 2 unspecified atom stereocenters. The Kier molecular flexibility index (Phi) is 5.61. The zero-order chi connectivity index (χ0) is 15.2. The monoisotopic (exact) mass is 280 g/mol. The van der Waals surface area contributed by atoms with Crippen molar-refractivity contribution in [2.45, 2.75) is 58.8 Å². The van der Waals surface area contributed by atoms with Gasteiger partial charge in [-0.15, -0.1) is 0 Å². The van der Waals surface area contributed by atoms with E-state index in [1.165, 1.54) is 35.1 Å². The minimum absolute atomic E-state index is 0.636. The van der Waals surface area contributed by atoms with E-state index < -0.39 is 0 Å². The van der Waals surface area contributed by atoms with Crippen LogP contribution in [0.2, 0.25) is 0 Å². The Morgan fingerprint density at radius 3 is 1.43 bits per heavy atom. The van der Waals surface area contributed by atoms with Crippen molar-refractivity contribution >= 4 is 0 Å². The summed E-state index contributed by atoms with van der Waals surface area (Å²) in [5.41, 5.74) is 6.00. The summed E-state index contributed by atoms with van der Waals surface area (Å²) in [6, 6.07) is 17.9. The summed E-state index contributed by atoms with van der Waals surface area (Å²) < 4.78 is 0. The average Bonchev–Trinajstić information content (AvgIpc) is 2.54. The molecule has 0 spiro atoms. The normalized spacial score (nSPS) is 13.9. The minimum Gasteiger partial charge on any atom is -0.0648 e. The molecule has 0 aromatic heterocycles. The summed E-state index contributed by atoms with van der Waals surface area (Å²) in [5, 5.41) is 0. The lowest BCUT2D eigenvalue weighted by molar-refractivity contribution is 0.715. The second-order valence-electron chi connectivity index (χ2n) is 6.19. The summed E-state index contributed by atoms with van der Waals surface area (Å²) in [6.07, 6.45) is 3.45. The highest BCUT2D eigenvalue weighted by Gasteiger charge is 2.12. The zero-order valence-corrected chi connectivity index (χ0v) is 13.9. The highest BCUT2D eigenvalue weighted by molar-refractivity contribution is 5.39. The summed E-state index contributed by atoms with van der Waals surface area (Å²) in [4.78, 5) is 0. The lowest BCUT2D eigenvalue weighted by atomic mass is 9.87. The third-order valence-electron chi connectivity index (χ3n) is 4.78. The van der Waals surface area contributed by atoms with Crippen molar-refractivity contribution in [2.24, 2.45) is 0 Å². The van der Waals surface area contributed by atoms with Crippen molar-refractivity contribution in [1.82, 2.24) is 0 Å². The summed E-state index contributed by atoms with van der Waals surface area (Å²) in [6.45, 7) is 9.21. The van der Waals surface area contributed by atoms with Crippen LogP contribution in [-0.4, -0.2) is 0 Å². The molecule has 0 amide bonds. The van der Waals surface area contributed by atoms with Gasteiger partial charge in [-0.1, -0.05) is 76.2 Å². The van der Waals surface area contributed by atoms with Gasteiger partial charge < -0.3 is 0 Å². The molecule has 0 heteroatoms. The van der Waals surface area contributed by atoms with Crippen LogP contribution >= 0.6 is 0 Å². The third-order valence-corrected chi connectivity index (χ3v) is 4.78. The molecule has 112 valence electrons. The highest BCUT2D eigenvalue weighted by atomic mass is 14.2. The van der Waals surface area contributed by atoms with E-state index in [2.05, 4.69) is 76.2 Å². The van der Waals surface area contributed by atoms with Gasteiger partial charge in [-0.3, -0.25) is 0 Å². The Hall–Kier alpha value is -1.56. The van der Waals surface area contributed by atoms with Crippen LogP contribution in [0.25, 0.3) is 0 Å². The molecule has 2 rings (SSSR count). The molecule has 0 nitrogen and oxygen atoms in total. The predicted molar refractivity (Wildman–Crippen MR) is 93.1 cm³/mol.